The average Bonchev–Trinajstić information content (AvgIpc) is 2.80. The first-order chi connectivity index (χ1) is 8.25. The quantitative estimate of drug-likeness (QED) is 0.889. The van der Waals surface area contributed by atoms with E-state index in [0.29, 0.717) is 6.04 Å². The van der Waals surface area contributed by atoms with E-state index in [1.54, 1.807) is 23.1 Å². The van der Waals surface area contributed by atoms with Gasteiger partial charge in [0.05, 0.1) is 4.21 Å². The molecule has 0 aliphatic heterocycles. The van der Waals surface area contributed by atoms with Gasteiger partial charge in [-0.25, -0.2) is 4.98 Å². The average molecular weight is 264 g/mol. The lowest BCUT2D eigenvalue weighted by molar-refractivity contribution is 0.582. The van der Waals surface area contributed by atoms with Crippen molar-refractivity contribution in [2.75, 3.05) is 0 Å². The zero-order valence-electron chi connectivity index (χ0n) is 10.0. The minimum Gasteiger partial charge on any atom is -0.310 e. The second-order valence-electron chi connectivity index (χ2n) is 4.04. The van der Waals surface area contributed by atoms with Crippen LogP contribution in [0.25, 0.3) is 0 Å². The van der Waals surface area contributed by atoms with Crippen molar-refractivity contribution >= 4 is 23.1 Å². The first kappa shape index (κ1) is 12.6. The van der Waals surface area contributed by atoms with E-state index in [1.807, 2.05) is 12.3 Å². The maximum atomic E-state index is 4.46. The predicted molar refractivity (Wildman–Crippen MR) is 74.7 cm³/mol. The maximum absolute atomic E-state index is 4.46. The monoisotopic (exact) mass is 264 g/mol. The molecule has 0 aliphatic carbocycles. The summed E-state index contributed by atoms with van der Waals surface area (Å²) in [5, 5.41) is 6.63. The highest BCUT2D eigenvalue weighted by Gasteiger charge is 2.06. The Balaban J connectivity index is 2.10. The second kappa shape index (κ2) is 6.19. The van der Waals surface area contributed by atoms with Gasteiger partial charge in [-0.3, -0.25) is 0 Å². The molecular weight excluding hydrogens is 248 g/mol. The minimum atomic E-state index is 0.495. The molecule has 0 radical (unpaired) electrons. The Morgan fingerprint density at radius 3 is 2.94 bits per heavy atom. The summed E-state index contributed by atoms with van der Waals surface area (Å²) in [6.07, 6.45) is 1.86. The number of nitrogens with zero attached hydrogens (tertiary/aromatic N) is 1. The summed E-state index contributed by atoms with van der Waals surface area (Å²) in [7, 11) is 0. The van der Waals surface area contributed by atoms with Gasteiger partial charge < -0.3 is 5.32 Å². The smallest absolute Gasteiger partial charge is 0.106 e. The van der Waals surface area contributed by atoms with Crippen molar-refractivity contribution in [1.29, 1.82) is 0 Å². The van der Waals surface area contributed by atoms with Gasteiger partial charge in [0.25, 0.3) is 0 Å². The third-order valence-corrected chi connectivity index (χ3v) is 4.34. The van der Waals surface area contributed by atoms with Gasteiger partial charge in [0.2, 0.25) is 0 Å². The molecule has 0 saturated carbocycles. The van der Waals surface area contributed by atoms with E-state index >= 15 is 0 Å². The lowest BCUT2D eigenvalue weighted by Crippen LogP contribution is -2.22. The van der Waals surface area contributed by atoms with Crippen molar-refractivity contribution in [3.05, 3.63) is 41.4 Å². The normalized spacial score (nSPS) is 11.0. The molecule has 0 aromatic carbocycles. The predicted octanol–water partition coefficient (Wildman–Crippen LogP) is 3.79. The molecular formula is C13H16N2S2. The number of pyridine rings is 1. The molecule has 90 valence electrons. The Kier molecular flexibility index (Phi) is 4.59. The summed E-state index contributed by atoms with van der Waals surface area (Å²) in [6.45, 7) is 5.18. The fourth-order valence-electron chi connectivity index (χ4n) is 1.38. The van der Waals surface area contributed by atoms with Crippen molar-refractivity contribution < 1.29 is 0 Å². The summed E-state index contributed by atoms with van der Waals surface area (Å²) in [5.74, 6) is 0. The van der Waals surface area contributed by atoms with E-state index in [1.165, 1.54) is 9.77 Å². The second-order valence-corrected chi connectivity index (χ2v) is 6.27. The summed E-state index contributed by atoms with van der Waals surface area (Å²) in [4.78, 5) is 4.46. The molecule has 0 atom stereocenters. The molecule has 2 aromatic heterocycles. The number of nitrogens with one attached hydrogen (secondary N) is 1. The topological polar surface area (TPSA) is 24.9 Å². The summed E-state index contributed by atoms with van der Waals surface area (Å²) in [6, 6.07) is 8.83. The zero-order chi connectivity index (χ0) is 12.1. The first-order valence-corrected chi connectivity index (χ1v) is 7.34. The Bertz CT molecular complexity index is 452. The standard InChI is InChI=1S/C13H16N2S2/c1-10(2)15-9-11-5-3-7-14-13(11)17-12-6-4-8-16-12/h3-8,10,15H,9H2,1-2H3. The highest BCUT2D eigenvalue weighted by Crippen LogP contribution is 2.31. The summed E-state index contributed by atoms with van der Waals surface area (Å²) >= 11 is 3.49. The van der Waals surface area contributed by atoms with Crippen LogP contribution in [0.15, 0.2) is 45.1 Å². The third kappa shape index (κ3) is 3.84. The first-order valence-electron chi connectivity index (χ1n) is 5.64. The SMILES string of the molecule is CC(C)NCc1cccnc1Sc1cccs1. The maximum Gasteiger partial charge on any atom is 0.106 e. The molecule has 0 amide bonds. The van der Waals surface area contributed by atoms with Crippen LogP contribution in [0.1, 0.15) is 19.4 Å². The third-order valence-electron chi connectivity index (χ3n) is 2.24. The number of hydrogen-bond acceptors (Lipinski definition) is 4. The molecule has 2 aromatic rings. The molecule has 0 fully saturated rings. The Morgan fingerprint density at radius 1 is 1.35 bits per heavy atom. The van der Waals surface area contributed by atoms with Crippen molar-refractivity contribution in [2.24, 2.45) is 0 Å². The van der Waals surface area contributed by atoms with Gasteiger partial charge in [-0.05, 0) is 23.1 Å². The van der Waals surface area contributed by atoms with E-state index in [-0.39, 0.29) is 0 Å². The molecule has 2 heterocycles. The molecule has 0 unspecified atom stereocenters. The lowest BCUT2D eigenvalue weighted by atomic mass is 10.2. The molecule has 1 N–H and O–H groups in total. The van der Waals surface area contributed by atoms with E-state index < -0.39 is 0 Å². The van der Waals surface area contributed by atoms with Crippen LogP contribution in [-0.2, 0) is 6.54 Å². The van der Waals surface area contributed by atoms with Crippen molar-refractivity contribution in [3.8, 4) is 0 Å². The van der Waals surface area contributed by atoms with Gasteiger partial charge in [-0.1, -0.05) is 37.7 Å². The Labute approximate surface area is 110 Å². The number of aromatic nitrogens is 1. The minimum absolute atomic E-state index is 0.495. The van der Waals surface area contributed by atoms with Gasteiger partial charge in [0.15, 0.2) is 0 Å². The van der Waals surface area contributed by atoms with Crippen molar-refractivity contribution in [2.45, 2.75) is 35.7 Å². The van der Waals surface area contributed by atoms with Gasteiger partial charge >= 0.3 is 0 Å². The Hall–Kier alpha value is -0.840. The molecule has 0 spiro atoms. The number of hydrogen-bond donors (Lipinski definition) is 1. The van der Waals surface area contributed by atoms with Gasteiger partial charge in [-0.2, -0.15) is 0 Å². The molecule has 0 bridgehead atoms. The number of rotatable bonds is 5. The molecule has 17 heavy (non-hydrogen) atoms. The van der Waals surface area contributed by atoms with Crippen LogP contribution in [0, 0.1) is 0 Å². The van der Waals surface area contributed by atoms with Crippen LogP contribution >= 0.6 is 23.1 Å². The lowest BCUT2D eigenvalue weighted by Gasteiger charge is -2.10. The summed E-state index contributed by atoms with van der Waals surface area (Å²) < 4.78 is 1.29. The number of thiophene rings is 1. The van der Waals surface area contributed by atoms with E-state index in [0.717, 1.165) is 11.6 Å². The largest absolute Gasteiger partial charge is 0.310 e. The van der Waals surface area contributed by atoms with Crippen LogP contribution in [0.5, 0.6) is 0 Å². The van der Waals surface area contributed by atoms with Crippen LogP contribution < -0.4 is 5.32 Å². The van der Waals surface area contributed by atoms with E-state index in [4.69, 9.17) is 0 Å². The fraction of sp³-hybridized carbons (Fsp3) is 0.308. The van der Waals surface area contributed by atoms with Gasteiger partial charge in [0, 0.05) is 18.8 Å². The van der Waals surface area contributed by atoms with Gasteiger partial charge in [0.1, 0.15) is 5.03 Å². The molecule has 0 saturated heterocycles. The van der Waals surface area contributed by atoms with Gasteiger partial charge in [-0.15, -0.1) is 11.3 Å². The van der Waals surface area contributed by atoms with Crippen LogP contribution in [0.2, 0.25) is 0 Å². The van der Waals surface area contributed by atoms with E-state index in [9.17, 15) is 0 Å². The van der Waals surface area contributed by atoms with Crippen LogP contribution in [-0.4, -0.2) is 11.0 Å². The Morgan fingerprint density at radius 2 is 2.24 bits per heavy atom. The van der Waals surface area contributed by atoms with Crippen LogP contribution in [0.3, 0.4) is 0 Å². The fourth-order valence-corrected chi connectivity index (χ4v) is 3.15. The summed E-state index contributed by atoms with van der Waals surface area (Å²) in [5.41, 5.74) is 1.26. The molecule has 2 nitrogen and oxygen atoms in total. The van der Waals surface area contributed by atoms with Crippen molar-refractivity contribution in [3.63, 3.8) is 0 Å². The molecule has 2 rings (SSSR count). The highest BCUT2D eigenvalue weighted by molar-refractivity contribution is 8.01. The van der Waals surface area contributed by atoms with E-state index in [2.05, 4.69) is 47.7 Å². The zero-order valence-corrected chi connectivity index (χ0v) is 11.6. The highest BCUT2D eigenvalue weighted by atomic mass is 32.2. The van der Waals surface area contributed by atoms with Crippen LogP contribution in [0.4, 0.5) is 0 Å². The van der Waals surface area contributed by atoms with Crippen molar-refractivity contribution in [1.82, 2.24) is 10.3 Å². The molecule has 4 heteroatoms. The molecule has 0 aliphatic rings.